The molecular formula is C17H24BrN5S2. The van der Waals surface area contributed by atoms with E-state index in [2.05, 4.69) is 67.0 Å². The van der Waals surface area contributed by atoms with Crippen LogP contribution in [0.25, 0.3) is 0 Å². The molecular weight excluding hydrogens is 418 g/mol. The van der Waals surface area contributed by atoms with Crippen LogP contribution in [0.5, 0.6) is 0 Å². The monoisotopic (exact) mass is 441 g/mol. The van der Waals surface area contributed by atoms with Crippen LogP contribution < -0.4 is 5.32 Å². The van der Waals surface area contributed by atoms with Gasteiger partial charge in [0.05, 0.1) is 16.0 Å². The summed E-state index contributed by atoms with van der Waals surface area (Å²) < 4.78 is 1.21. The molecule has 0 radical (unpaired) electrons. The van der Waals surface area contributed by atoms with Gasteiger partial charge in [0.2, 0.25) is 0 Å². The van der Waals surface area contributed by atoms with Gasteiger partial charge >= 0.3 is 0 Å². The Balaban J connectivity index is 1.48. The molecule has 0 bridgehead atoms. The van der Waals surface area contributed by atoms with Crippen LogP contribution in [-0.4, -0.2) is 54.0 Å². The van der Waals surface area contributed by atoms with Crippen LogP contribution in [0.4, 0.5) is 0 Å². The highest BCUT2D eigenvalue weighted by molar-refractivity contribution is 9.11. The third kappa shape index (κ3) is 5.03. The number of aromatic nitrogens is 1. The van der Waals surface area contributed by atoms with Crippen molar-refractivity contribution in [1.29, 1.82) is 0 Å². The Bertz CT molecular complexity index is 712. The molecule has 0 aliphatic carbocycles. The molecule has 1 fully saturated rings. The number of thiazole rings is 1. The van der Waals surface area contributed by atoms with E-state index in [9.17, 15) is 0 Å². The van der Waals surface area contributed by atoms with Crippen molar-refractivity contribution < 1.29 is 0 Å². The number of thiophene rings is 1. The van der Waals surface area contributed by atoms with Gasteiger partial charge in [-0.3, -0.25) is 9.89 Å². The zero-order chi connectivity index (χ0) is 17.8. The van der Waals surface area contributed by atoms with Crippen LogP contribution in [-0.2, 0) is 13.1 Å². The maximum absolute atomic E-state index is 4.59. The van der Waals surface area contributed by atoms with Gasteiger partial charge in [-0.1, -0.05) is 0 Å². The number of nitrogens with one attached hydrogen (secondary N) is 1. The van der Waals surface area contributed by atoms with Gasteiger partial charge in [0.1, 0.15) is 5.01 Å². The minimum atomic E-state index is 0.745. The van der Waals surface area contributed by atoms with E-state index in [0.717, 1.165) is 55.9 Å². The normalized spacial score (nSPS) is 16.5. The molecule has 0 atom stereocenters. The Morgan fingerprint density at radius 2 is 2.00 bits per heavy atom. The first-order chi connectivity index (χ1) is 12.0. The van der Waals surface area contributed by atoms with Crippen LogP contribution in [0.1, 0.15) is 20.5 Å². The number of guanidine groups is 1. The summed E-state index contributed by atoms with van der Waals surface area (Å²) in [5.74, 6) is 0.976. The molecule has 8 heteroatoms. The van der Waals surface area contributed by atoms with Crippen molar-refractivity contribution in [2.45, 2.75) is 26.9 Å². The predicted molar refractivity (Wildman–Crippen MR) is 111 cm³/mol. The predicted octanol–water partition coefficient (Wildman–Crippen LogP) is 3.48. The molecule has 1 N–H and O–H groups in total. The smallest absolute Gasteiger partial charge is 0.194 e. The van der Waals surface area contributed by atoms with Crippen molar-refractivity contribution in [3.8, 4) is 0 Å². The molecule has 25 heavy (non-hydrogen) atoms. The Hall–Kier alpha value is -0.960. The standard InChI is InChI=1S/C17H24BrN5S2/c1-12-13(2)24-16(21-12)10-20-17(19-3)23-8-6-22(7-9-23)11-14-4-5-15(18)25-14/h4-5H,6-11H2,1-3H3,(H,19,20). The molecule has 0 amide bonds. The van der Waals surface area contributed by atoms with E-state index in [-0.39, 0.29) is 0 Å². The fourth-order valence-electron chi connectivity index (χ4n) is 2.88. The highest BCUT2D eigenvalue weighted by Crippen LogP contribution is 2.23. The maximum Gasteiger partial charge on any atom is 0.194 e. The molecule has 1 saturated heterocycles. The summed E-state index contributed by atoms with van der Waals surface area (Å²) >= 11 is 7.12. The highest BCUT2D eigenvalue weighted by atomic mass is 79.9. The van der Waals surface area contributed by atoms with E-state index in [1.54, 1.807) is 11.3 Å². The summed E-state index contributed by atoms with van der Waals surface area (Å²) in [6.07, 6.45) is 0. The number of aryl methyl sites for hydroxylation is 2. The van der Waals surface area contributed by atoms with Crippen molar-refractivity contribution in [3.05, 3.63) is 36.4 Å². The van der Waals surface area contributed by atoms with Crippen molar-refractivity contribution in [2.75, 3.05) is 33.2 Å². The lowest BCUT2D eigenvalue weighted by atomic mass is 10.3. The Morgan fingerprint density at radius 1 is 1.24 bits per heavy atom. The number of piperazine rings is 1. The molecule has 1 aliphatic heterocycles. The SMILES string of the molecule is CN=C(NCc1nc(C)c(C)s1)N1CCN(Cc2ccc(Br)s2)CC1. The Kier molecular flexibility index (Phi) is 6.49. The number of halogens is 1. The van der Waals surface area contributed by atoms with Gasteiger partial charge in [-0.05, 0) is 41.9 Å². The summed E-state index contributed by atoms with van der Waals surface area (Å²) in [6, 6.07) is 4.34. The number of aliphatic imine (C=N–C) groups is 1. The molecule has 136 valence electrons. The van der Waals surface area contributed by atoms with Gasteiger partial charge in [-0.2, -0.15) is 0 Å². The zero-order valence-corrected chi connectivity index (χ0v) is 18.1. The molecule has 0 saturated carbocycles. The molecule has 3 rings (SSSR count). The van der Waals surface area contributed by atoms with Gasteiger partial charge in [0.25, 0.3) is 0 Å². The van der Waals surface area contributed by atoms with Crippen molar-refractivity contribution >= 4 is 44.6 Å². The third-order valence-electron chi connectivity index (χ3n) is 4.36. The minimum absolute atomic E-state index is 0.745. The first-order valence-corrected chi connectivity index (χ1v) is 10.8. The second kappa shape index (κ2) is 8.62. The zero-order valence-electron chi connectivity index (χ0n) is 14.9. The van der Waals surface area contributed by atoms with Gasteiger partial charge in [0, 0.05) is 49.5 Å². The first-order valence-electron chi connectivity index (χ1n) is 8.40. The second-order valence-electron chi connectivity index (χ2n) is 6.12. The van der Waals surface area contributed by atoms with Crippen LogP contribution in [0.3, 0.4) is 0 Å². The average molecular weight is 442 g/mol. The van der Waals surface area contributed by atoms with Gasteiger partial charge in [0.15, 0.2) is 5.96 Å². The van der Waals surface area contributed by atoms with Crippen LogP contribution >= 0.6 is 38.6 Å². The Labute approximate surface area is 165 Å². The average Bonchev–Trinajstić information content (AvgIpc) is 3.15. The van der Waals surface area contributed by atoms with E-state index in [0.29, 0.717) is 0 Å². The van der Waals surface area contributed by atoms with E-state index in [1.165, 1.54) is 13.5 Å². The summed E-state index contributed by atoms with van der Waals surface area (Å²) in [6.45, 7) is 10.1. The van der Waals surface area contributed by atoms with Crippen molar-refractivity contribution in [2.24, 2.45) is 4.99 Å². The largest absolute Gasteiger partial charge is 0.350 e. The molecule has 0 aromatic carbocycles. The molecule has 0 spiro atoms. The van der Waals surface area contributed by atoms with Gasteiger partial charge < -0.3 is 10.2 Å². The van der Waals surface area contributed by atoms with Crippen molar-refractivity contribution in [3.63, 3.8) is 0 Å². The minimum Gasteiger partial charge on any atom is -0.350 e. The summed E-state index contributed by atoms with van der Waals surface area (Å²) in [7, 11) is 1.86. The van der Waals surface area contributed by atoms with Gasteiger partial charge in [-0.25, -0.2) is 4.98 Å². The first kappa shape index (κ1) is 18.8. The number of hydrogen-bond donors (Lipinski definition) is 1. The fraction of sp³-hybridized carbons (Fsp3) is 0.529. The van der Waals surface area contributed by atoms with E-state index in [1.807, 2.05) is 18.4 Å². The number of rotatable bonds is 4. The van der Waals surface area contributed by atoms with Crippen LogP contribution in [0, 0.1) is 13.8 Å². The molecule has 3 heterocycles. The lowest BCUT2D eigenvalue weighted by molar-refractivity contribution is 0.173. The van der Waals surface area contributed by atoms with E-state index in [4.69, 9.17) is 0 Å². The van der Waals surface area contributed by atoms with E-state index >= 15 is 0 Å². The second-order valence-corrected chi connectivity index (χ2v) is 9.95. The molecule has 2 aromatic heterocycles. The summed E-state index contributed by atoms with van der Waals surface area (Å²) in [5, 5.41) is 4.59. The number of hydrogen-bond acceptors (Lipinski definition) is 5. The topological polar surface area (TPSA) is 43.8 Å². The van der Waals surface area contributed by atoms with Crippen molar-refractivity contribution in [1.82, 2.24) is 20.1 Å². The quantitative estimate of drug-likeness (QED) is 0.582. The molecule has 5 nitrogen and oxygen atoms in total. The maximum atomic E-state index is 4.59. The third-order valence-corrected chi connectivity index (χ3v) is 7.04. The Morgan fingerprint density at radius 3 is 2.56 bits per heavy atom. The summed E-state index contributed by atoms with van der Waals surface area (Å²) in [5.41, 5.74) is 1.13. The molecule has 2 aromatic rings. The molecule has 1 aliphatic rings. The fourth-order valence-corrected chi connectivity index (χ4v) is 5.28. The number of nitrogens with zero attached hydrogens (tertiary/aromatic N) is 4. The lowest BCUT2D eigenvalue weighted by Gasteiger charge is -2.36. The van der Waals surface area contributed by atoms with Crippen LogP contribution in [0.2, 0.25) is 0 Å². The summed E-state index contributed by atoms with van der Waals surface area (Å²) in [4.78, 5) is 16.6. The highest BCUT2D eigenvalue weighted by Gasteiger charge is 2.20. The van der Waals surface area contributed by atoms with Gasteiger partial charge in [-0.15, -0.1) is 22.7 Å². The lowest BCUT2D eigenvalue weighted by Crippen LogP contribution is -2.51. The molecule has 0 unspecified atom stereocenters. The van der Waals surface area contributed by atoms with Crippen LogP contribution in [0.15, 0.2) is 20.9 Å². The van der Waals surface area contributed by atoms with E-state index < -0.39 is 0 Å².